The molecule has 0 bridgehead atoms. The van der Waals surface area contributed by atoms with Crippen molar-refractivity contribution in [2.75, 3.05) is 36.5 Å². The van der Waals surface area contributed by atoms with Gasteiger partial charge in [-0.3, -0.25) is 9.59 Å². The summed E-state index contributed by atoms with van der Waals surface area (Å²) in [6, 6.07) is 0.109. The van der Waals surface area contributed by atoms with Crippen molar-refractivity contribution in [2.24, 2.45) is 0 Å². The molecule has 1 amide bonds. The van der Waals surface area contributed by atoms with Gasteiger partial charge >= 0.3 is 12.4 Å². The number of nitrogens with one attached hydrogen (secondary N) is 2. The lowest BCUT2D eigenvalue weighted by atomic mass is 9.94. The SMILES string of the molecule is C[C@@H](CO[C@H]1CCN([C@H]2CCN3c4ncc(C(F)(F)F)cc4OCC[C@H]3C2)C1=O)Nc1cn[nH]c(=O)c1C(F)(F)F. The van der Waals surface area contributed by atoms with Gasteiger partial charge in [-0.25, -0.2) is 10.1 Å². The highest BCUT2D eigenvalue weighted by Gasteiger charge is 2.42. The Hall–Kier alpha value is -3.56. The van der Waals surface area contributed by atoms with Crippen LogP contribution in [0.3, 0.4) is 0 Å². The number of pyridine rings is 1. The second kappa shape index (κ2) is 11.0. The van der Waals surface area contributed by atoms with Crippen LogP contribution in [0.4, 0.5) is 37.8 Å². The molecule has 0 radical (unpaired) electrons. The summed E-state index contributed by atoms with van der Waals surface area (Å²) >= 11 is 0. The van der Waals surface area contributed by atoms with Crippen LogP contribution in [-0.4, -0.2) is 76.5 Å². The Bertz CT molecular complexity index is 1330. The highest BCUT2D eigenvalue weighted by molar-refractivity contribution is 5.83. The zero-order valence-electron chi connectivity index (χ0n) is 21.9. The van der Waals surface area contributed by atoms with Crippen molar-refractivity contribution in [1.29, 1.82) is 0 Å². The fourth-order valence-electron chi connectivity index (χ4n) is 5.63. The number of hydrogen-bond acceptors (Lipinski definition) is 8. The summed E-state index contributed by atoms with van der Waals surface area (Å²) in [4.78, 5) is 32.6. The molecule has 2 aromatic rings. The van der Waals surface area contributed by atoms with E-state index in [0.29, 0.717) is 44.6 Å². The summed E-state index contributed by atoms with van der Waals surface area (Å²) in [5, 5.41) is 7.78. The van der Waals surface area contributed by atoms with Crippen LogP contribution in [0.5, 0.6) is 5.75 Å². The van der Waals surface area contributed by atoms with Gasteiger partial charge in [0.1, 0.15) is 11.7 Å². The molecule has 3 aliphatic heterocycles. The second-order valence-electron chi connectivity index (χ2n) is 10.4. The Morgan fingerprint density at radius 1 is 1.07 bits per heavy atom. The number of halogens is 6. The highest BCUT2D eigenvalue weighted by Crippen LogP contribution is 2.40. The van der Waals surface area contributed by atoms with E-state index in [1.807, 2.05) is 4.90 Å². The molecule has 0 unspecified atom stereocenters. The van der Waals surface area contributed by atoms with Gasteiger partial charge in [-0.1, -0.05) is 0 Å². The Morgan fingerprint density at radius 2 is 1.80 bits per heavy atom. The molecule has 2 N–H and O–H groups in total. The third kappa shape index (κ3) is 6.06. The molecule has 3 aliphatic rings. The monoisotopic (exact) mass is 590 g/mol. The van der Waals surface area contributed by atoms with Crippen LogP contribution in [-0.2, 0) is 21.9 Å². The molecule has 5 heterocycles. The molecule has 0 aromatic carbocycles. The third-order valence-electron chi connectivity index (χ3n) is 7.55. The predicted octanol–water partition coefficient (Wildman–Crippen LogP) is 3.44. The number of carbonyl (C=O) groups is 1. The molecule has 4 atom stereocenters. The molecule has 16 heteroatoms. The number of alkyl halides is 6. The van der Waals surface area contributed by atoms with Crippen LogP contribution in [0.1, 0.15) is 43.7 Å². The second-order valence-corrected chi connectivity index (χ2v) is 10.4. The fraction of sp³-hybridized carbons (Fsp3) is 0.600. The summed E-state index contributed by atoms with van der Waals surface area (Å²) < 4.78 is 90.7. The van der Waals surface area contributed by atoms with Gasteiger partial charge in [0.25, 0.3) is 11.5 Å². The highest BCUT2D eigenvalue weighted by atomic mass is 19.4. The number of nitrogens with zero attached hydrogens (tertiary/aromatic N) is 4. The third-order valence-corrected chi connectivity index (χ3v) is 7.55. The van der Waals surface area contributed by atoms with Crippen molar-refractivity contribution < 1.29 is 40.6 Å². The number of aromatic amines is 1. The van der Waals surface area contributed by atoms with Gasteiger partial charge in [0.05, 0.1) is 30.7 Å². The van der Waals surface area contributed by atoms with Crippen LogP contribution in [0.25, 0.3) is 0 Å². The first-order chi connectivity index (χ1) is 19.3. The molecule has 5 rings (SSSR count). The average Bonchev–Trinajstić information content (AvgIpc) is 3.15. The number of anilines is 2. The number of hydrogen-bond donors (Lipinski definition) is 2. The lowest BCUT2D eigenvalue weighted by molar-refractivity contribution is -0.140. The Labute approximate surface area is 230 Å². The number of carbonyl (C=O) groups excluding carboxylic acids is 1. The average molecular weight is 591 g/mol. The molecule has 10 nitrogen and oxygen atoms in total. The Morgan fingerprint density at radius 3 is 2.54 bits per heavy atom. The molecule has 2 fully saturated rings. The topological polar surface area (TPSA) is 113 Å². The molecule has 0 saturated carbocycles. The zero-order chi connectivity index (χ0) is 29.5. The van der Waals surface area contributed by atoms with Crippen molar-refractivity contribution in [3.63, 3.8) is 0 Å². The maximum absolute atomic E-state index is 13.3. The van der Waals surface area contributed by atoms with E-state index in [9.17, 15) is 35.9 Å². The van der Waals surface area contributed by atoms with Gasteiger partial charge in [0.15, 0.2) is 11.6 Å². The van der Waals surface area contributed by atoms with Crippen LogP contribution in [0, 0.1) is 0 Å². The van der Waals surface area contributed by atoms with E-state index < -0.39 is 46.9 Å². The molecule has 0 aliphatic carbocycles. The lowest BCUT2D eigenvalue weighted by Gasteiger charge is -2.42. The number of amides is 1. The Kier molecular flexibility index (Phi) is 7.78. The fourth-order valence-corrected chi connectivity index (χ4v) is 5.63. The maximum Gasteiger partial charge on any atom is 0.423 e. The number of piperidine rings is 1. The summed E-state index contributed by atoms with van der Waals surface area (Å²) in [7, 11) is 0. The zero-order valence-corrected chi connectivity index (χ0v) is 21.9. The van der Waals surface area contributed by atoms with E-state index in [4.69, 9.17) is 9.47 Å². The van der Waals surface area contributed by atoms with Gasteiger partial charge in [-0.15, -0.1) is 0 Å². The molecular weight excluding hydrogens is 562 g/mol. The van der Waals surface area contributed by atoms with Crippen LogP contribution in [0.2, 0.25) is 0 Å². The van der Waals surface area contributed by atoms with Crippen LogP contribution in [0.15, 0.2) is 23.3 Å². The van der Waals surface area contributed by atoms with E-state index in [1.165, 1.54) is 0 Å². The molecule has 224 valence electrons. The largest absolute Gasteiger partial charge is 0.490 e. The van der Waals surface area contributed by atoms with E-state index in [-0.39, 0.29) is 37.0 Å². The van der Waals surface area contributed by atoms with Crippen molar-refractivity contribution in [2.45, 2.75) is 69.2 Å². The quantitative estimate of drug-likeness (QED) is 0.493. The van der Waals surface area contributed by atoms with Crippen molar-refractivity contribution >= 4 is 17.4 Å². The minimum absolute atomic E-state index is 0.0818. The van der Waals surface area contributed by atoms with E-state index in [1.54, 1.807) is 16.9 Å². The van der Waals surface area contributed by atoms with Crippen LogP contribution < -0.4 is 20.5 Å². The van der Waals surface area contributed by atoms with E-state index >= 15 is 0 Å². The van der Waals surface area contributed by atoms with Crippen molar-refractivity contribution in [3.8, 4) is 5.75 Å². The maximum atomic E-state index is 13.3. The number of rotatable bonds is 6. The van der Waals surface area contributed by atoms with Crippen molar-refractivity contribution in [1.82, 2.24) is 20.1 Å². The summed E-state index contributed by atoms with van der Waals surface area (Å²) in [6.07, 6.45) is -6.39. The summed E-state index contributed by atoms with van der Waals surface area (Å²) in [5.41, 5.74) is -4.12. The van der Waals surface area contributed by atoms with E-state index in [0.717, 1.165) is 18.5 Å². The first-order valence-corrected chi connectivity index (χ1v) is 13.1. The number of fused-ring (bicyclic) bond motifs is 3. The molecule has 2 aromatic heterocycles. The minimum atomic E-state index is -4.88. The number of likely N-dealkylation sites (tertiary alicyclic amines) is 1. The minimum Gasteiger partial charge on any atom is -0.490 e. The number of aromatic nitrogens is 3. The van der Waals surface area contributed by atoms with Gasteiger partial charge < -0.3 is 24.6 Å². The molecule has 41 heavy (non-hydrogen) atoms. The lowest BCUT2D eigenvalue weighted by Crippen LogP contribution is -2.51. The van der Waals surface area contributed by atoms with Gasteiger partial charge in [0.2, 0.25) is 0 Å². The predicted molar refractivity (Wildman–Crippen MR) is 133 cm³/mol. The standard InChI is InChI=1S/C25H28F6N6O4/c1-13(34-17-11-33-35-22(38)20(17)25(29,30)31)12-41-18-3-6-37(23(18)39)15-2-5-36-16(9-15)4-7-40-19-8-14(24(26,27)28)10-32-21(19)36/h8,10-11,13,15-16,18H,2-7,9,12H2,1H3,(H2,34,35,38)/t13-,15-,16-,18-/m0/s1. The van der Waals surface area contributed by atoms with Gasteiger partial charge in [0, 0.05) is 50.3 Å². The van der Waals surface area contributed by atoms with Crippen LogP contribution >= 0.6 is 0 Å². The molecular formula is C25H28F6N6O4. The smallest absolute Gasteiger partial charge is 0.423 e. The molecule has 2 saturated heterocycles. The van der Waals surface area contributed by atoms with Gasteiger partial charge in [-0.2, -0.15) is 31.4 Å². The molecule has 0 spiro atoms. The van der Waals surface area contributed by atoms with E-state index in [2.05, 4.69) is 15.4 Å². The summed E-state index contributed by atoms with van der Waals surface area (Å²) in [5.74, 6) is 0.230. The van der Waals surface area contributed by atoms with Crippen molar-refractivity contribution in [3.05, 3.63) is 39.9 Å². The first kappa shape index (κ1) is 29.0. The van der Waals surface area contributed by atoms with Gasteiger partial charge in [-0.05, 0) is 25.8 Å². The number of H-pyrrole nitrogens is 1. The summed E-state index contributed by atoms with van der Waals surface area (Å²) in [6.45, 7) is 2.61. The first-order valence-electron chi connectivity index (χ1n) is 13.1. The normalized spacial score (nSPS) is 23.9. The Balaban J connectivity index is 1.18. The number of ether oxygens (including phenoxy) is 2.